The number of carbonyl (C=O) groups excluding carboxylic acids is 2. The van der Waals surface area contributed by atoms with Crippen LogP contribution in [0.5, 0.6) is 0 Å². The van der Waals surface area contributed by atoms with Crippen LogP contribution in [0.3, 0.4) is 0 Å². The van der Waals surface area contributed by atoms with E-state index in [1.807, 2.05) is 19.1 Å². The highest BCUT2D eigenvalue weighted by Gasteiger charge is 2.31. The Kier molecular flexibility index (Phi) is 8.35. The maximum Gasteiger partial charge on any atom is 0.411 e. The molecule has 39 heavy (non-hydrogen) atoms. The van der Waals surface area contributed by atoms with Crippen molar-refractivity contribution < 1.29 is 14.3 Å². The Morgan fingerprint density at radius 2 is 1.82 bits per heavy atom. The molecule has 9 heteroatoms. The fourth-order valence-electron chi connectivity index (χ4n) is 5.41. The monoisotopic (exact) mass is 549 g/mol. The molecular formula is C30H36ClN5O3. The first-order valence-electron chi connectivity index (χ1n) is 13.8. The topological polar surface area (TPSA) is 92.0 Å². The van der Waals surface area contributed by atoms with Crippen molar-refractivity contribution in [3.05, 3.63) is 64.7 Å². The van der Waals surface area contributed by atoms with Crippen LogP contribution in [0.2, 0.25) is 5.02 Å². The van der Waals surface area contributed by atoms with Crippen molar-refractivity contribution in [2.45, 2.75) is 45.3 Å². The molecule has 5 rings (SSSR count). The highest BCUT2D eigenvalue weighted by atomic mass is 35.5. The molecule has 2 aromatic carbocycles. The minimum absolute atomic E-state index is 0.155. The Bertz CT molecular complexity index is 1340. The lowest BCUT2D eigenvalue weighted by molar-refractivity contribution is 0.0390. The third-order valence-corrected chi connectivity index (χ3v) is 8.07. The van der Waals surface area contributed by atoms with Gasteiger partial charge in [0.05, 0.1) is 29.4 Å². The number of hydrogen-bond donors (Lipinski definition) is 1. The first kappa shape index (κ1) is 27.4. The predicted octanol–water partition coefficient (Wildman–Crippen LogP) is 5.30. The number of piperazine rings is 1. The van der Waals surface area contributed by atoms with Crippen LogP contribution in [0.25, 0.3) is 22.2 Å². The van der Waals surface area contributed by atoms with Gasteiger partial charge in [-0.15, -0.1) is 0 Å². The molecule has 2 amide bonds. The van der Waals surface area contributed by atoms with Crippen molar-refractivity contribution in [2.75, 3.05) is 39.3 Å². The Balaban J connectivity index is 1.33. The summed E-state index contributed by atoms with van der Waals surface area (Å²) in [4.78, 5) is 36.1. The van der Waals surface area contributed by atoms with E-state index in [4.69, 9.17) is 27.1 Å². The van der Waals surface area contributed by atoms with E-state index in [0.717, 1.165) is 36.2 Å². The average Bonchev–Trinajstić information content (AvgIpc) is 3.50. The highest BCUT2D eigenvalue weighted by Crippen LogP contribution is 2.31. The van der Waals surface area contributed by atoms with Crippen LogP contribution in [-0.2, 0) is 4.74 Å². The normalized spacial score (nSPS) is 18.9. The Morgan fingerprint density at radius 3 is 2.51 bits per heavy atom. The number of hydrogen-bond acceptors (Lipinski definition) is 6. The van der Waals surface area contributed by atoms with Gasteiger partial charge in [-0.1, -0.05) is 48.9 Å². The van der Waals surface area contributed by atoms with E-state index in [1.165, 1.54) is 23.3 Å². The fourth-order valence-corrected chi connectivity index (χ4v) is 5.68. The predicted molar refractivity (Wildman–Crippen MR) is 154 cm³/mol. The molecule has 8 nitrogen and oxygen atoms in total. The second-order valence-corrected chi connectivity index (χ2v) is 10.8. The molecule has 2 fully saturated rings. The number of benzene rings is 2. The van der Waals surface area contributed by atoms with Crippen LogP contribution in [-0.4, -0.2) is 77.2 Å². The van der Waals surface area contributed by atoms with Gasteiger partial charge < -0.3 is 15.4 Å². The van der Waals surface area contributed by atoms with Gasteiger partial charge in [0.2, 0.25) is 0 Å². The second-order valence-electron chi connectivity index (χ2n) is 10.4. The summed E-state index contributed by atoms with van der Waals surface area (Å²) >= 11 is 6.65. The van der Waals surface area contributed by atoms with E-state index in [0.29, 0.717) is 41.8 Å². The number of amides is 2. The van der Waals surface area contributed by atoms with Crippen LogP contribution < -0.4 is 5.73 Å². The van der Waals surface area contributed by atoms with E-state index in [2.05, 4.69) is 36.1 Å². The molecule has 2 aliphatic heterocycles. The molecule has 2 N–H and O–H groups in total. The summed E-state index contributed by atoms with van der Waals surface area (Å²) in [5.41, 5.74) is 10.4. The third kappa shape index (κ3) is 5.88. The lowest BCUT2D eigenvalue weighted by Gasteiger charge is -2.38. The molecule has 2 aliphatic rings. The van der Waals surface area contributed by atoms with Gasteiger partial charge in [0.25, 0.3) is 5.91 Å². The molecule has 2 saturated heterocycles. The molecular weight excluding hydrogens is 514 g/mol. The second kappa shape index (κ2) is 11.9. The number of halogens is 1. The van der Waals surface area contributed by atoms with Gasteiger partial charge >= 0.3 is 6.09 Å². The molecule has 0 aliphatic carbocycles. The summed E-state index contributed by atoms with van der Waals surface area (Å²) in [5.74, 6) is -0.155. The van der Waals surface area contributed by atoms with Gasteiger partial charge in [-0.3, -0.25) is 14.6 Å². The summed E-state index contributed by atoms with van der Waals surface area (Å²) in [7, 11) is 0. The quantitative estimate of drug-likeness (QED) is 0.448. The third-order valence-electron chi connectivity index (χ3n) is 7.75. The summed E-state index contributed by atoms with van der Waals surface area (Å²) in [6, 6.07) is 16.2. The van der Waals surface area contributed by atoms with E-state index in [-0.39, 0.29) is 12.5 Å². The van der Waals surface area contributed by atoms with Crippen molar-refractivity contribution in [3.63, 3.8) is 0 Å². The number of fused-ring (bicyclic) bond motifs is 1. The number of rotatable bonds is 6. The van der Waals surface area contributed by atoms with Crippen LogP contribution in [0.1, 0.15) is 55.1 Å². The molecule has 3 aromatic rings. The number of likely N-dealkylation sites (tertiary alicyclic amines) is 1. The zero-order valence-electron chi connectivity index (χ0n) is 22.6. The molecule has 0 bridgehead atoms. The van der Waals surface area contributed by atoms with Crippen LogP contribution in [0, 0.1) is 0 Å². The molecule has 0 radical (unpaired) electrons. The number of ether oxygens (including phenoxy) is 1. The largest absolute Gasteiger partial charge is 0.449 e. The smallest absolute Gasteiger partial charge is 0.411 e. The fraction of sp³-hybridized carbons (Fsp3) is 0.433. The lowest BCUT2D eigenvalue weighted by Crippen LogP contribution is -2.60. The van der Waals surface area contributed by atoms with E-state index >= 15 is 0 Å². The Morgan fingerprint density at radius 1 is 1.08 bits per heavy atom. The van der Waals surface area contributed by atoms with Crippen molar-refractivity contribution in [1.29, 1.82) is 0 Å². The average molecular weight is 550 g/mol. The van der Waals surface area contributed by atoms with Crippen molar-refractivity contribution in [2.24, 2.45) is 5.73 Å². The first-order valence-corrected chi connectivity index (χ1v) is 14.2. The van der Waals surface area contributed by atoms with Crippen LogP contribution in [0.4, 0.5) is 4.79 Å². The van der Waals surface area contributed by atoms with Gasteiger partial charge in [0, 0.05) is 35.6 Å². The van der Waals surface area contributed by atoms with Gasteiger partial charge in [-0.05, 0) is 63.0 Å². The molecule has 2 atom stereocenters. The minimum atomic E-state index is -0.622. The zero-order chi connectivity index (χ0) is 27.5. The maximum absolute atomic E-state index is 13.4. The van der Waals surface area contributed by atoms with Gasteiger partial charge in [-0.25, -0.2) is 9.78 Å². The first-order chi connectivity index (χ1) is 18.9. The number of aromatic nitrogens is 1. The molecule has 0 saturated carbocycles. The molecule has 0 spiro atoms. The number of pyridine rings is 1. The van der Waals surface area contributed by atoms with E-state index in [1.54, 1.807) is 17.0 Å². The summed E-state index contributed by atoms with van der Waals surface area (Å²) in [6.07, 6.45) is 2.21. The molecule has 3 heterocycles. The Hall–Kier alpha value is -3.20. The van der Waals surface area contributed by atoms with Crippen LogP contribution >= 0.6 is 11.6 Å². The van der Waals surface area contributed by atoms with Gasteiger partial charge in [-0.2, -0.15) is 0 Å². The lowest BCUT2D eigenvalue weighted by atomic mass is 10.0. The van der Waals surface area contributed by atoms with Crippen molar-refractivity contribution in [3.8, 4) is 11.3 Å². The maximum atomic E-state index is 13.4. The van der Waals surface area contributed by atoms with Crippen molar-refractivity contribution >= 4 is 34.5 Å². The zero-order valence-corrected chi connectivity index (χ0v) is 23.4. The Labute approximate surface area is 234 Å². The number of carbonyl (C=O) groups is 2. The SMILES string of the molecule is CCCOC(=O)N1CCN(C(=O)c2ccc3c(Cl)cc(-c4ccc(C(C)N5CCCC5)cc4)nc3c2)C[C@H]1N. The molecule has 1 unspecified atom stereocenters. The van der Waals surface area contributed by atoms with Gasteiger partial charge in [0.1, 0.15) is 6.17 Å². The number of nitrogens with two attached hydrogens (primary N) is 1. The molecule has 1 aromatic heterocycles. The summed E-state index contributed by atoms with van der Waals surface area (Å²) in [5, 5.41) is 1.38. The minimum Gasteiger partial charge on any atom is -0.449 e. The molecule has 206 valence electrons. The summed E-state index contributed by atoms with van der Waals surface area (Å²) < 4.78 is 5.21. The number of nitrogens with zero attached hydrogens (tertiary/aromatic N) is 4. The summed E-state index contributed by atoms with van der Waals surface area (Å²) in [6.45, 7) is 7.78. The van der Waals surface area contributed by atoms with Crippen molar-refractivity contribution in [1.82, 2.24) is 19.7 Å². The van der Waals surface area contributed by atoms with Crippen LogP contribution in [0.15, 0.2) is 48.5 Å². The van der Waals surface area contributed by atoms with Gasteiger partial charge in [0.15, 0.2) is 0 Å². The van der Waals surface area contributed by atoms with E-state index in [9.17, 15) is 9.59 Å². The standard InChI is InChI=1S/C30H36ClN5O3/c1-3-16-39-30(38)36-15-14-35(19-28(36)32)29(37)23-10-11-24-25(31)18-26(33-27(24)17-23)22-8-6-21(7-9-22)20(2)34-12-4-5-13-34/h6-11,17-18,20,28H,3-5,12-16,19,32H2,1-2H3/t20?,28-/m0/s1. The highest BCUT2D eigenvalue weighted by molar-refractivity contribution is 6.35. The van der Waals surface area contributed by atoms with E-state index < -0.39 is 12.3 Å².